The molecule has 0 bridgehead atoms. The fraction of sp³-hybridized carbons (Fsp3) is 0.441. The number of methoxy groups -OCH3 is 1. The largest absolute Gasteiger partial charge is 0.497 e. The number of carboxylic acids is 1. The topological polar surface area (TPSA) is 156 Å². The Labute approximate surface area is 268 Å². The van der Waals surface area contributed by atoms with E-state index in [1.54, 1.807) is 60.8 Å². The highest BCUT2D eigenvalue weighted by atomic mass is 16.6. The van der Waals surface area contributed by atoms with Crippen LogP contribution in [0.3, 0.4) is 0 Å². The van der Waals surface area contributed by atoms with E-state index in [4.69, 9.17) is 19.2 Å². The molecule has 0 radical (unpaired) electrons. The lowest BCUT2D eigenvalue weighted by Gasteiger charge is -2.35. The number of carboxylic acid groups (broad SMARTS) is 1. The van der Waals surface area contributed by atoms with Crippen molar-refractivity contribution in [1.29, 1.82) is 0 Å². The Kier molecular flexibility index (Phi) is 10.1. The van der Waals surface area contributed by atoms with E-state index >= 15 is 0 Å². The molecular weight excluding hydrogens is 592 g/mol. The number of aliphatic carboxylic acids is 1. The van der Waals surface area contributed by atoms with E-state index in [2.05, 4.69) is 10.6 Å². The van der Waals surface area contributed by atoms with Crippen LogP contribution < -0.4 is 20.1 Å². The van der Waals surface area contributed by atoms with Gasteiger partial charge in [-0.1, -0.05) is 51.1 Å². The van der Waals surface area contributed by atoms with Gasteiger partial charge in [-0.3, -0.25) is 14.4 Å². The highest BCUT2D eigenvalue weighted by Gasteiger charge is 2.46. The van der Waals surface area contributed by atoms with Crippen molar-refractivity contribution in [2.75, 3.05) is 20.2 Å². The molecule has 12 heteroatoms. The molecule has 4 rings (SSSR count). The molecule has 3 N–H and O–H groups in total. The normalized spacial score (nSPS) is 17.2. The van der Waals surface area contributed by atoms with Gasteiger partial charge in [0.05, 0.1) is 24.9 Å². The number of rotatable bonds is 9. The van der Waals surface area contributed by atoms with E-state index in [-0.39, 0.29) is 13.0 Å². The van der Waals surface area contributed by atoms with E-state index in [0.29, 0.717) is 28.1 Å². The number of hydrogen-bond acceptors (Lipinski definition) is 8. The van der Waals surface area contributed by atoms with Gasteiger partial charge in [-0.15, -0.1) is 0 Å². The molecule has 3 amide bonds. The second-order valence-corrected chi connectivity index (χ2v) is 13.3. The van der Waals surface area contributed by atoms with Crippen LogP contribution in [0.4, 0.5) is 4.79 Å². The van der Waals surface area contributed by atoms with Crippen LogP contribution in [-0.2, 0) is 19.1 Å². The molecule has 3 aromatic rings. The zero-order valence-corrected chi connectivity index (χ0v) is 27.2. The average Bonchev–Trinajstić information content (AvgIpc) is 3.40. The summed E-state index contributed by atoms with van der Waals surface area (Å²) in [4.78, 5) is 57.6. The molecule has 0 saturated carbocycles. The number of amides is 3. The molecule has 46 heavy (non-hydrogen) atoms. The standard InChI is InChI=1S/C34H42N4O8/c1-33(2,3)29(37-32(43)46-34(4,5)6)31(42)38-19-22(16-26(38)30(41)35-18-28(39)40)45-27-17-24(20-11-9-8-10-12-20)36-25-15-21(44-7)13-14-23(25)27/h8-15,17,22,26,29H,16,18-19H2,1-7H3,(H,35,41)(H,37,43)(H,39,40)/t22-,26+,29-/m1/s1. The Hall–Kier alpha value is -4.87. The van der Waals surface area contributed by atoms with Crippen LogP contribution in [0.1, 0.15) is 48.0 Å². The van der Waals surface area contributed by atoms with Gasteiger partial charge >= 0.3 is 12.1 Å². The van der Waals surface area contributed by atoms with Crippen LogP contribution in [-0.4, -0.2) is 82.9 Å². The Morgan fingerprint density at radius 1 is 1.02 bits per heavy atom. The molecule has 1 fully saturated rings. The predicted octanol–water partition coefficient (Wildman–Crippen LogP) is 4.40. The molecule has 1 aromatic heterocycles. The van der Waals surface area contributed by atoms with Crippen molar-refractivity contribution < 1.29 is 38.5 Å². The number of benzene rings is 2. The number of ether oxygens (including phenoxy) is 3. The number of nitrogens with one attached hydrogen (secondary N) is 2. The molecule has 3 atom stereocenters. The van der Waals surface area contributed by atoms with Gasteiger partial charge < -0.3 is 34.9 Å². The average molecular weight is 635 g/mol. The number of carbonyl (C=O) groups is 4. The van der Waals surface area contributed by atoms with Crippen LogP contribution in [0.5, 0.6) is 11.5 Å². The third-order valence-corrected chi connectivity index (χ3v) is 7.38. The van der Waals surface area contributed by atoms with Gasteiger partial charge in [-0.25, -0.2) is 9.78 Å². The number of alkyl carbamates (subject to hydrolysis) is 1. The molecule has 12 nitrogen and oxygen atoms in total. The first-order valence-corrected chi connectivity index (χ1v) is 15.1. The maximum absolute atomic E-state index is 14.1. The van der Waals surface area contributed by atoms with Gasteiger partial charge in [-0.2, -0.15) is 0 Å². The first kappa shape index (κ1) is 34.0. The number of hydrogen-bond donors (Lipinski definition) is 3. The first-order chi connectivity index (χ1) is 21.6. The SMILES string of the molecule is COc1ccc2c(O[C@@H]3C[C@@H](C(=O)NCC(=O)O)N(C(=O)[C@@H](NC(=O)OC(C)(C)C)C(C)(C)C)C3)cc(-c3ccccc3)nc2c1. The van der Waals surface area contributed by atoms with Crippen molar-refractivity contribution in [3.05, 3.63) is 54.6 Å². The molecule has 0 unspecified atom stereocenters. The summed E-state index contributed by atoms with van der Waals surface area (Å²) in [5.74, 6) is -1.26. The molecule has 1 saturated heterocycles. The van der Waals surface area contributed by atoms with Crippen molar-refractivity contribution in [3.63, 3.8) is 0 Å². The summed E-state index contributed by atoms with van der Waals surface area (Å²) in [7, 11) is 1.57. The summed E-state index contributed by atoms with van der Waals surface area (Å²) >= 11 is 0. The van der Waals surface area contributed by atoms with Crippen molar-refractivity contribution in [2.45, 2.75) is 71.8 Å². The zero-order chi connectivity index (χ0) is 33.8. The lowest BCUT2D eigenvalue weighted by Crippen LogP contribution is -2.58. The minimum absolute atomic E-state index is 0.00715. The summed E-state index contributed by atoms with van der Waals surface area (Å²) in [6, 6.07) is 14.7. The highest BCUT2D eigenvalue weighted by Crippen LogP contribution is 2.35. The van der Waals surface area contributed by atoms with Crippen molar-refractivity contribution in [1.82, 2.24) is 20.5 Å². The number of pyridine rings is 1. The molecule has 0 aliphatic carbocycles. The molecule has 246 valence electrons. The highest BCUT2D eigenvalue weighted by molar-refractivity contribution is 5.93. The number of nitrogens with zero attached hydrogens (tertiary/aromatic N) is 2. The third-order valence-electron chi connectivity index (χ3n) is 7.38. The quantitative estimate of drug-likeness (QED) is 0.311. The van der Waals surface area contributed by atoms with Gasteiger partial charge in [0.2, 0.25) is 11.8 Å². The van der Waals surface area contributed by atoms with Crippen molar-refractivity contribution in [3.8, 4) is 22.8 Å². The maximum Gasteiger partial charge on any atom is 0.408 e. The first-order valence-electron chi connectivity index (χ1n) is 15.1. The van der Waals surface area contributed by atoms with E-state index in [1.165, 1.54) is 4.90 Å². The minimum atomic E-state index is -1.22. The van der Waals surface area contributed by atoms with Crippen LogP contribution in [0.25, 0.3) is 22.2 Å². The maximum atomic E-state index is 14.1. The minimum Gasteiger partial charge on any atom is -0.497 e. The van der Waals surface area contributed by atoms with Crippen LogP contribution in [0, 0.1) is 5.41 Å². The van der Waals surface area contributed by atoms with Gasteiger partial charge in [0.1, 0.15) is 41.8 Å². The third kappa shape index (κ3) is 8.43. The Balaban J connectivity index is 1.69. The molecule has 1 aliphatic rings. The molecule has 2 heterocycles. The Bertz CT molecular complexity index is 1600. The summed E-state index contributed by atoms with van der Waals surface area (Å²) in [5.41, 5.74) is 0.601. The molecule has 0 spiro atoms. The summed E-state index contributed by atoms with van der Waals surface area (Å²) in [6.07, 6.45) is -1.34. The van der Waals surface area contributed by atoms with Crippen molar-refractivity contribution >= 4 is 34.8 Å². The van der Waals surface area contributed by atoms with Gasteiger partial charge in [0.15, 0.2) is 0 Å². The van der Waals surface area contributed by atoms with E-state index in [0.717, 1.165) is 5.56 Å². The summed E-state index contributed by atoms with van der Waals surface area (Å²) < 4.78 is 17.4. The fourth-order valence-electron chi connectivity index (χ4n) is 5.23. The van der Waals surface area contributed by atoms with E-state index in [1.807, 2.05) is 42.5 Å². The Morgan fingerprint density at radius 3 is 2.33 bits per heavy atom. The zero-order valence-electron chi connectivity index (χ0n) is 27.2. The monoisotopic (exact) mass is 634 g/mol. The van der Waals surface area contributed by atoms with Crippen LogP contribution >= 0.6 is 0 Å². The lowest BCUT2D eigenvalue weighted by atomic mass is 9.85. The predicted molar refractivity (Wildman–Crippen MR) is 172 cm³/mol. The number of carbonyl (C=O) groups excluding carboxylic acids is 3. The van der Waals surface area contributed by atoms with Gasteiger partial charge in [0, 0.05) is 29.5 Å². The van der Waals surface area contributed by atoms with Crippen LogP contribution in [0.2, 0.25) is 0 Å². The van der Waals surface area contributed by atoms with Gasteiger partial charge in [-0.05, 0) is 38.3 Å². The molecule has 1 aliphatic heterocycles. The number of fused-ring (bicyclic) bond motifs is 1. The van der Waals surface area contributed by atoms with E-state index in [9.17, 15) is 24.3 Å². The van der Waals surface area contributed by atoms with Crippen molar-refractivity contribution in [2.24, 2.45) is 5.41 Å². The van der Waals surface area contributed by atoms with E-state index < -0.39 is 59.6 Å². The fourth-order valence-corrected chi connectivity index (χ4v) is 5.23. The van der Waals surface area contributed by atoms with Gasteiger partial charge in [0.25, 0.3) is 0 Å². The lowest BCUT2D eigenvalue weighted by molar-refractivity contribution is -0.143. The smallest absolute Gasteiger partial charge is 0.408 e. The number of aromatic nitrogens is 1. The summed E-state index contributed by atoms with van der Waals surface area (Å²) in [5, 5.41) is 15.0. The number of likely N-dealkylation sites (tertiary alicyclic amines) is 1. The molecule has 2 aromatic carbocycles. The molecular formula is C34H42N4O8. The second-order valence-electron chi connectivity index (χ2n) is 13.3. The van der Waals surface area contributed by atoms with Crippen LogP contribution in [0.15, 0.2) is 54.6 Å². The second kappa shape index (κ2) is 13.6. The Morgan fingerprint density at radius 2 is 1.72 bits per heavy atom. The summed E-state index contributed by atoms with van der Waals surface area (Å²) in [6.45, 7) is 9.92.